The third kappa shape index (κ3) is 2.05. The Morgan fingerprint density at radius 3 is 2.96 bits per heavy atom. The van der Waals surface area contributed by atoms with Gasteiger partial charge in [0.2, 0.25) is 0 Å². The van der Waals surface area contributed by atoms with Gasteiger partial charge in [-0.25, -0.2) is 4.79 Å². The van der Waals surface area contributed by atoms with E-state index in [-0.39, 0.29) is 11.9 Å². The molecule has 0 saturated carbocycles. The lowest BCUT2D eigenvalue weighted by molar-refractivity contribution is -0.132. The molecule has 6 heteroatoms. The number of carbonyl (C=O) groups is 2. The molecule has 0 bridgehead atoms. The van der Waals surface area contributed by atoms with Crippen molar-refractivity contribution in [1.82, 2.24) is 10.2 Å². The topological polar surface area (TPSA) is 58.6 Å². The fraction of sp³-hybridized carbons (Fsp3) is 0.294. The first-order valence-electron chi connectivity index (χ1n) is 7.46. The number of thiophene rings is 1. The Morgan fingerprint density at radius 1 is 1.35 bits per heavy atom. The van der Waals surface area contributed by atoms with Crippen molar-refractivity contribution in [2.75, 3.05) is 7.11 Å². The molecule has 1 saturated heterocycles. The minimum Gasteiger partial charge on any atom is -0.497 e. The molecule has 1 aromatic carbocycles. The number of nitrogens with one attached hydrogen (secondary N) is 1. The largest absolute Gasteiger partial charge is 0.497 e. The summed E-state index contributed by atoms with van der Waals surface area (Å²) >= 11 is 1.56. The minimum absolute atomic E-state index is 0.166. The lowest BCUT2D eigenvalue weighted by Crippen LogP contribution is -2.41. The molecule has 3 amide bonds. The van der Waals surface area contributed by atoms with E-state index in [0.29, 0.717) is 18.7 Å². The van der Waals surface area contributed by atoms with Gasteiger partial charge in [-0.3, -0.25) is 9.69 Å². The molecule has 118 valence electrons. The van der Waals surface area contributed by atoms with E-state index in [2.05, 4.69) is 5.32 Å². The number of nitrogens with zero attached hydrogens (tertiary/aromatic N) is 1. The van der Waals surface area contributed by atoms with Gasteiger partial charge < -0.3 is 10.1 Å². The van der Waals surface area contributed by atoms with Crippen molar-refractivity contribution < 1.29 is 14.3 Å². The molecule has 2 heterocycles. The second kappa shape index (κ2) is 5.09. The number of fused-ring (bicyclic) bond motifs is 2. The van der Waals surface area contributed by atoms with Gasteiger partial charge in [0.25, 0.3) is 5.91 Å². The Labute approximate surface area is 137 Å². The van der Waals surface area contributed by atoms with Gasteiger partial charge >= 0.3 is 6.03 Å². The number of benzene rings is 1. The van der Waals surface area contributed by atoms with Crippen molar-refractivity contribution in [2.24, 2.45) is 0 Å². The third-order valence-electron chi connectivity index (χ3n) is 4.64. The number of ether oxygens (including phenoxy) is 1. The summed E-state index contributed by atoms with van der Waals surface area (Å²) in [6.07, 6.45) is 1.37. The highest BCUT2D eigenvalue weighted by Crippen LogP contribution is 2.43. The van der Waals surface area contributed by atoms with Gasteiger partial charge in [0, 0.05) is 0 Å². The third-order valence-corrected chi connectivity index (χ3v) is 5.37. The van der Waals surface area contributed by atoms with E-state index < -0.39 is 5.54 Å². The van der Waals surface area contributed by atoms with Crippen LogP contribution in [0.2, 0.25) is 0 Å². The van der Waals surface area contributed by atoms with Crippen LogP contribution in [0, 0.1) is 0 Å². The number of aryl methyl sites for hydroxylation is 1. The molecule has 2 aromatic rings. The maximum Gasteiger partial charge on any atom is 0.325 e. The smallest absolute Gasteiger partial charge is 0.325 e. The molecular weight excluding hydrogens is 312 g/mol. The summed E-state index contributed by atoms with van der Waals surface area (Å²) < 4.78 is 5.28. The fourth-order valence-electron chi connectivity index (χ4n) is 3.44. The molecule has 0 radical (unpaired) electrons. The lowest BCUT2D eigenvalue weighted by Gasteiger charge is -2.22. The summed E-state index contributed by atoms with van der Waals surface area (Å²) in [5.74, 6) is 0.532. The highest BCUT2D eigenvalue weighted by atomic mass is 32.1. The number of urea groups is 1. The molecule has 0 unspecified atom stereocenters. The summed E-state index contributed by atoms with van der Waals surface area (Å²) in [7, 11) is 1.60. The van der Waals surface area contributed by atoms with Gasteiger partial charge in [0.15, 0.2) is 0 Å². The average Bonchev–Trinajstić information content (AvgIpc) is 3.25. The van der Waals surface area contributed by atoms with E-state index >= 15 is 0 Å². The standard InChI is InChI=1S/C17H16N2O3S/c1-22-13-3-2-12-4-6-17(14(12)8-13)15(20)19(16(21)18-17)9-11-5-7-23-10-11/h2-3,5,7-8,10H,4,6,9H2,1H3,(H,18,21)/t17-/m1/s1. The van der Waals surface area contributed by atoms with Crippen molar-refractivity contribution in [3.8, 4) is 5.75 Å². The van der Waals surface area contributed by atoms with Crippen LogP contribution in [0.5, 0.6) is 5.75 Å². The van der Waals surface area contributed by atoms with E-state index in [9.17, 15) is 9.59 Å². The maximum absolute atomic E-state index is 13.0. The van der Waals surface area contributed by atoms with Gasteiger partial charge in [-0.1, -0.05) is 6.07 Å². The number of imide groups is 1. The number of rotatable bonds is 3. The first-order valence-corrected chi connectivity index (χ1v) is 8.41. The molecule has 1 fully saturated rings. The molecule has 1 spiro atoms. The van der Waals surface area contributed by atoms with Crippen molar-refractivity contribution in [3.63, 3.8) is 0 Å². The normalized spacial score (nSPS) is 22.6. The number of amides is 3. The number of methoxy groups -OCH3 is 1. The number of hydrogen-bond donors (Lipinski definition) is 1. The van der Waals surface area contributed by atoms with Gasteiger partial charge in [-0.05, 0) is 58.5 Å². The summed E-state index contributed by atoms with van der Waals surface area (Å²) in [6.45, 7) is 0.315. The van der Waals surface area contributed by atoms with Crippen LogP contribution in [0.4, 0.5) is 4.79 Å². The summed E-state index contributed by atoms with van der Waals surface area (Å²) in [4.78, 5) is 26.8. The zero-order valence-electron chi connectivity index (χ0n) is 12.7. The monoisotopic (exact) mass is 328 g/mol. The predicted octanol–water partition coefficient (Wildman–Crippen LogP) is 2.65. The number of carbonyl (C=O) groups excluding carboxylic acids is 2. The Morgan fingerprint density at radius 2 is 2.22 bits per heavy atom. The second-order valence-corrected chi connectivity index (χ2v) is 6.66. The SMILES string of the molecule is COc1ccc2c(c1)[C@@]1(CC2)NC(=O)N(Cc2ccsc2)C1=O. The molecule has 4 rings (SSSR count). The van der Waals surface area contributed by atoms with Crippen LogP contribution in [0.15, 0.2) is 35.0 Å². The van der Waals surface area contributed by atoms with E-state index in [1.54, 1.807) is 18.4 Å². The van der Waals surface area contributed by atoms with Gasteiger partial charge in [0.1, 0.15) is 11.3 Å². The predicted molar refractivity (Wildman–Crippen MR) is 86.4 cm³/mol. The molecule has 1 N–H and O–H groups in total. The molecule has 1 aliphatic heterocycles. The summed E-state index contributed by atoms with van der Waals surface area (Å²) in [5, 5.41) is 6.83. The molecule has 5 nitrogen and oxygen atoms in total. The van der Waals surface area contributed by atoms with Crippen molar-refractivity contribution in [3.05, 3.63) is 51.7 Å². The van der Waals surface area contributed by atoms with Crippen molar-refractivity contribution in [1.29, 1.82) is 0 Å². The van der Waals surface area contributed by atoms with Gasteiger partial charge in [-0.2, -0.15) is 11.3 Å². The lowest BCUT2D eigenvalue weighted by atomic mass is 9.91. The fourth-order valence-corrected chi connectivity index (χ4v) is 4.10. The zero-order valence-corrected chi connectivity index (χ0v) is 13.5. The highest BCUT2D eigenvalue weighted by molar-refractivity contribution is 7.07. The molecular formula is C17H16N2O3S. The first kappa shape index (κ1) is 14.3. The molecule has 23 heavy (non-hydrogen) atoms. The van der Waals surface area contributed by atoms with Gasteiger partial charge in [-0.15, -0.1) is 0 Å². The maximum atomic E-state index is 13.0. The first-order chi connectivity index (χ1) is 11.1. The summed E-state index contributed by atoms with van der Waals surface area (Å²) in [6, 6.07) is 7.35. The Bertz CT molecular complexity index is 787. The Kier molecular flexibility index (Phi) is 3.16. The highest BCUT2D eigenvalue weighted by Gasteiger charge is 2.55. The zero-order chi connectivity index (χ0) is 16.0. The summed E-state index contributed by atoms with van der Waals surface area (Å²) in [5.41, 5.74) is 2.00. The van der Waals surface area contributed by atoms with Crippen LogP contribution in [-0.2, 0) is 23.3 Å². The van der Waals surface area contributed by atoms with E-state index in [4.69, 9.17) is 4.74 Å². The minimum atomic E-state index is -0.934. The van der Waals surface area contributed by atoms with Crippen LogP contribution in [0.25, 0.3) is 0 Å². The Hall–Kier alpha value is -2.34. The van der Waals surface area contributed by atoms with Crippen LogP contribution < -0.4 is 10.1 Å². The van der Waals surface area contributed by atoms with Crippen LogP contribution >= 0.6 is 11.3 Å². The van der Waals surface area contributed by atoms with Crippen LogP contribution in [0.3, 0.4) is 0 Å². The molecule has 1 aromatic heterocycles. The van der Waals surface area contributed by atoms with Crippen molar-refractivity contribution in [2.45, 2.75) is 24.9 Å². The Balaban J connectivity index is 1.71. The number of hydrogen-bond acceptors (Lipinski definition) is 4. The quantitative estimate of drug-likeness (QED) is 0.881. The molecule has 1 atom stereocenters. The second-order valence-electron chi connectivity index (χ2n) is 5.88. The molecule has 2 aliphatic rings. The van der Waals surface area contributed by atoms with Gasteiger partial charge in [0.05, 0.1) is 13.7 Å². The van der Waals surface area contributed by atoms with Crippen LogP contribution in [-0.4, -0.2) is 23.9 Å². The van der Waals surface area contributed by atoms with E-state index in [1.807, 2.05) is 35.0 Å². The van der Waals surface area contributed by atoms with E-state index in [0.717, 1.165) is 23.1 Å². The average molecular weight is 328 g/mol. The molecule has 1 aliphatic carbocycles. The van der Waals surface area contributed by atoms with Crippen molar-refractivity contribution >= 4 is 23.3 Å². The van der Waals surface area contributed by atoms with Crippen LogP contribution in [0.1, 0.15) is 23.1 Å². The van der Waals surface area contributed by atoms with E-state index in [1.165, 1.54) is 4.90 Å².